The van der Waals surface area contributed by atoms with Crippen LogP contribution in [0.5, 0.6) is 0 Å². The van der Waals surface area contributed by atoms with Crippen molar-refractivity contribution in [2.45, 2.75) is 19.5 Å². The lowest BCUT2D eigenvalue weighted by atomic mass is 10.1. The van der Waals surface area contributed by atoms with E-state index in [-0.39, 0.29) is 15.7 Å². The molecular formula is C13H12ClF3OS. The minimum absolute atomic E-state index is 0.00728. The van der Waals surface area contributed by atoms with Gasteiger partial charge in [-0.15, -0.1) is 0 Å². The van der Waals surface area contributed by atoms with E-state index in [4.69, 9.17) is 11.6 Å². The van der Waals surface area contributed by atoms with Gasteiger partial charge in [-0.1, -0.05) is 35.5 Å². The highest BCUT2D eigenvalue weighted by molar-refractivity contribution is 8.13. The minimum atomic E-state index is -4.40. The number of thioether (sulfide) groups is 1. The van der Waals surface area contributed by atoms with Crippen LogP contribution in [-0.4, -0.2) is 10.9 Å². The lowest BCUT2D eigenvalue weighted by molar-refractivity contribution is -0.137. The van der Waals surface area contributed by atoms with Crippen molar-refractivity contribution in [1.29, 1.82) is 0 Å². The molecule has 0 spiro atoms. The van der Waals surface area contributed by atoms with Gasteiger partial charge in [-0.2, -0.15) is 13.2 Å². The maximum Gasteiger partial charge on any atom is 0.416 e. The molecule has 0 aliphatic rings. The Balaban J connectivity index is 2.79. The first-order chi connectivity index (χ1) is 8.80. The SMILES string of the molecule is CC(=O)SCCC=Cc1cc(Cl)ccc1C(F)(F)F. The molecular weight excluding hydrogens is 297 g/mol. The van der Waals surface area contributed by atoms with E-state index in [1.807, 2.05) is 0 Å². The lowest BCUT2D eigenvalue weighted by Gasteiger charge is -2.10. The molecule has 1 aromatic carbocycles. The summed E-state index contributed by atoms with van der Waals surface area (Å²) in [4.78, 5) is 10.7. The zero-order valence-corrected chi connectivity index (χ0v) is 11.7. The van der Waals surface area contributed by atoms with E-state index in [9.17, 15) is 18.0 Å². The molecule has 0 heterocycles. The number of rotatable bonds is 4. The van der Waals surface area contributed by atoms with Crippen LogP contribution >= 0.6 is 23.4 Å². The Hall–Kier alpha value is -0.940. The Morgan fingerprint density at radius 3 is 2.68 bits per heavy atom. The molecule has 0 aliphatic heterocycles. The first-order valence-electron chi connectivity index (χ1n) is 5.47. The maximum atomic E-state index is 12.7. The van der Waals surface area contributed by atoms with Gasteiger partial charge < -0.3 is 0 Å². The summed E-state index contributed by atoms with van der Waals surface area (Å²) in [6.45, 7) is 1.45. The van der Waals surface area contributed by atoms with Gasteiger partial charge in [0.15, 0.2) is 5.12 Å². The third-order valence-corrected chi connectivity index (χ3v) is 3.29. The van der Waals surface area contributed by atoms with Gasteiger partial charge in [0.25, 0.3) is 0 Å². The average molecular weight is 309 g/mol. The van der Waals surface area contributed by atoms with Crippen LogP contribution in [0.4, 0.5) is 13.2 Å². The first kappa shape index (κ1) is 16.1. The molecule has 0 unspecified atom stereocenters. The van der Waals surface area contributed by atoms with Crippen molar-refractivity contribution in [3.05, 3.63) is 40.4 Å². The third-order valence-electron chi connectivity index (χ3n) is 2.21. The first-order valence-corrected chi connectivity index (χ1v) is 6.83. The Labute approximate surface area is 118 Å². The highest BCUT2D eigenvalue weighted by atomic mass is 35.5. The summed E-state index contributed by atoms with van der Waals surface area (Å²) in [5.41, 5.74) is -0.680. The van der Waals surface area contributed by atoms with E-state index in [2.05, 4.69) is 0 Å². The predicted octanol–water partition coefficient (Wildman–Crippen LogP) is 5.04. The Morgan fingerprint density at radius 2 is 2.11 bits per heavy atom. The van der Waals surface area contributed by atoms with Crippen molar-refractivity contribution in [1.82, 2.24) is 0 Å². The van der Waals surface area contributed by atoms with Crippen molar-refractivity contribution in [3.63, 3.8) is 0 Å². The van der Waals surface area contributed by atoms with E-state index >= 15 is 0 Å². The molecule has 0 radical (unpaired) electrons. The molecule has 0 saturated heterocycles. The highest BCUT2D eigenvalue weighted by Gasteiger charge is 2.32. The second-order valence-electron chi connectivity index (χ2n) is 3.76. The maximum absolute atomic E-state index is 12.7. The van der Waals surface area contributed by atoms with Gasteiger partial charge in [0.2, 0.25) is 0 Å². The molecule has 0 aliphatic carbocycles. The molecule has 19 heavy (non-hydrogen) atoms. The topological polar surface area (TPSA) is 17.1 Å². The van der Waals surface area contributed by atoms with Crippen molar-refractivity contribution < 1.29 is 18.0 Å². The smallest absolute Gasteiger partial charge is 0.288 e. The predicted molar refractivity (Wildman–Crippen MR) is 73.2 cm³/mol. The second-order valence-corrected chi connectivity index (χ2v) is 5.47. The van der Waals surface area contributed by atoms with Crippen LogP contribution in [0.3, 0.4) is 0 Å². The number of benzene rings is 1. The summed E-state index contributed by atoms with van der Waals surface area (Å²) < 4.78 is 38.2. The largest absolute Gasteiger partial charge is 0.416 e. The average Bonchev–Trinajstić information content (AvgIpc) is 2.26. The molecule has 0 N–H and O–H groups in total. The molecule has 6 heteroatoms. The van der Waals surface area contributed by atoms with Crippen LogP contribution in [0.2, 0.25) is 5.02 Å². The lowest BCUT2D eigenvalue weighted by Crippen LogP contribution is -2.07. The quantitative estimate of drug-likeness (QED) is 0.725. The normalized spacial score (nSPS) is 12.1. The summed E-state index contributed by atoms with van der Waals surface area (Å²) in [6.07, 6.45) is -0.890. The van der Waals surface area contributed by atoms with Crippen molar-refractivity contribution in [2.24, 2.45) is 0 Å². The fourth-order valence-electron chi connectivity index (χ4n) is 1.41. The number of halogens is 4. The minimum Gasteiger partial charge on any atom is -0.288 e. The Bertz CT molecular complexity index is 483. The van der Waals surface area contributed by atoms with Crippen LogP contribution in [0.15, 0.2) is 24.3 Å². The van der Waals surface area contributed by atoms with E-state index < -0.39 is 11.7 Å². The van der Waals surface area contributed by atoms with Gasteiger partial charge in [-0.3, -0.25) is 4.79 Å². The summed E-state index contributed by atoms with van der Waals surface area (Å²) in [5, 5.41) is 0.248. The molecule has 1 nitrogen and oxygen atoms in total. The number of hydrogen-bond acceptors (Lipinski definition) is 2. The molecule has 0 bridgehead atoms. The van der Waals surface area contributed by atoms with Gasteiger partial charge >= 0.3 is 6.18 Å². The molecule has 0 amide bonds. The monoisotopic (exact) mass is 308 g/mol. The number of allylic oxidation sites excluding steroid dienone is 1. The van der Waals surface area contributed by atoms with E-state index in [1.54, 1.807) is 6.08 Å². The van der Waals surface area contributed by atoms with Crippen LogP contribution in [-0.2, 0) is 11.0 Å². The number of carbonyl (C=O) groups is 1. The standard InChI is InChI=1S/C13H12ClF3OS/c1-9(18)19-7-3-2-4-10-8-11(14)5-6-12(10)13(15,16)17/h2,4-6,8H,3,7H2,1H3. The van der Waals surface area contributed by atoms with Crippen LogP contribution < -0.4 is 0 Å². The summed E-state index contributed by atoms with van der Waals surface area (Å²) in [5.74, 6) is 0.549. The van der Waals surface area contributed by atoms with E-state index in [1.165, 1.54) is 25.1 Å². The van der Waals surface area contributed by atoms with Gasteiger partial charge in [0, 0.05) is 17.7 Å². The fourth-order valence-corrected chi connectivity index (χ4v) is 2.13. The second kappa shape index (κ2) is 7.01. The van der Waals surface area contributed by atoms with Crippen LogP contribution in [0.25, 0.3) is 6.08 Å². The number of carbonyl (C=O) groups excluding carboxylic acids is 1. The van der Waals surface area contributed by atoms with Gasteiger partial charge in [0.05, 0.1) is 5.56 Å². The molecule has 0 saturated carbocycles. The molecule has 0 fully saturated rings. The fraction of sp³-hybridized carbons (Fsp3) is 0.308. The van der Waals surface area contributed by atoms with Crippen molar-refractivity contribution >= 4 is 34.6 Å². The summed E-state index contributed by atoms with van der Waals surface area (Å²) in [6, 6.07) is 3.46. The van der Waals surface area contributed by atoms with E-state index in [0.29, 0.717) is 12.2 Å². The van der Waals surface area contributed by atoms with Crippen molar-refractivity contribution in [3.8, 4) is 0 Å². The zero-order valence-electron chi connectivity index (χ0n) is 10.1. The molecule has 0 aromatic heterocycles. The van der Waals surface area contributed by atoms with Gasteiger partial charge in [0.1, 0.15) is 0 Å². The molecule has 0 atom stereocenters. The molecule has 1 aromatic rings. The number of alkyl halides is 3. The summed E-state index contributed by atoms with van der Waals surface area (Å²) in [7, 11) is 0. The zero-order chi connectivity index (χ0) is 14.5. The Kier molecular flexibility index (Phi) is 5.94. The Morgan fingerprint density at radius 1 is 1.42 bits per heavy atom. The number of hydrogen-bond donors (Lipinski definition) is 0. The van der Waals surface area contributed by atoms with Crippen LogP contribution in [0.1, 0.15) is 24.5 Å². The molecule has 1 rings (SSSR count). The van der Waals surface area contributed by atoms with Gasteiger partial charge in [-0.05, 0) is 30.2 Å². The highest BCUT2D eigenvalue weighted by Crippen LogP contribution is 2.34. The van der Waals surface area contributed by atoms with Crippen molar-refractivity contribution in [2.75, 3.05) is 5.75 Å². The van der Waals surface area contributed by atoms with Gasteiger partial charge in [-0.25, -0.2) is 0 Å². The van der Waals surface area contributed by atoms with E-state index in [0.717, 1.165) is 17.8 Å². The summed E-state index contributed by atoms with van der Waals surface area (Å²) >= 11 is 6.84. The van der Waals surface area contributed by atoms with Crippen LogP contribution in [0, 0.1) is 0 Å². The molecule has 104 valence electrons. The third kappa shape index (κ3) is 5.70.